The van der Waals surface area contributed by atoms with E-state index < -0.39 is 6.10 Å². The highest BCUT2D eigenvalue weighted by Crippen LogP contribution is 2.22. The fourth-order valence-electron chi connectivity index (χ4n) is 3.05. The minimum Gasteiger partial charge on any atom is -0.451 e. The molecule has 1 amide bonds. The van der Waals surface area contributed by atoms with Crippen molar-refractivity contribution in [3.8, 4) is 0 Å². The summed E-state index contributed by atoms with van der Waals surface area (Å²) in [5, 5.41) is 13.6. The van der Waals surface area contributed by atoms with E-state index >= 15 is 0 Å². The smallest absolute Gasteiger partial charge is 0.287 e. The molecule has 0 aliphatic carbocycles. The Balaban J connectivity index is 1.71. The van der Waals surface area contributed by atoms with E-state index in [0.717, 1.165) is 16.5 Å². The third kappa shape index (κ3) is 4.28. The summed E-state index contributed by atoms with van der Waals surface area (Å²) in [5.74, 6) is 0.126. The number of nitrogens with one attached hydrogen (secondary N) is 1. The zero-order valence-electron chi connectivity index (χ0n) is 14.5. The van der Waals surface area contributed by atoms with E-state index in [1.807, 2.05) is 55.5 Å². The summed E-state index contributed by atoms with van der Waals surface area (Å²) < 4.78 is 5.64. The van der Waals surface area contributed by atoms with E-state index in [2.05, 4.69) is 5.32 Å². The first-order valence-electron chi connectivity index (χ1n) is 8.54. The number of fused-ring (bicyclic) bond motifs is 1. The highest BCUT2D eigenvalue weighted by Gasteiger charge is 2.18. The minimum absolute atomic E-state index is 0.0526. The maximum atomic E-state index is 12.5. The van der Waals surface area contributed by atoms with Gasteiger partial charge >= 0.3 is 0 Å². The maximum Gasteiger partial charge on any atom is 0.287 e. The lowest BCUT2D eigenvalue weighted by Crippen LogP contribution is -2.29. The molecule has 0 radical (unpaired) electrons. The Labute approximate surface area is 147 Å². The van der Waals surface area contributed by atoms with Crippen LogP contribution in [0.25, 0.3) is 11.0 Å². The van der Waals surface area contributed by atoms with Gasteiger partial charge < -0.3 is 14.8 Å². The average molecular weight is 337 g/mol. The highest BCUT2D eigenvalue weighted by molar-refractivity contribution is 5.96. The van der Waals surface area contributed by atoms with Crippen LogP contribution in [-0.4, -0.2) is 23.7 Å². The Bertz CT molecular complexity index is 852. The molecular weight excluding hydrogens is 314 g/mol. The summed E-state index contributed by atoms with van der Waals surface area (Å²) in [7, 11) is 0. The summed E-state index contributed by atoms with van der Waals surface area (Å²) in [4.78, 5) is 12.5. The van der Waals surface area contributed by atoms with Crippen LogP contribution in [0, 0.1) is 6.92 Å². The van der Waals surface area contributed by atoms with Crippen LogP contribution in [0.3, 0.4) is 0 Å². The number of carbonyl (C=O) groups is 1. The first-order valence-corrected chi connectivity index (χ1v) is 8.54. The molecule has 0 fully saturated rings. The summed E-state index contributed by atoms with van der Waals surface area (Å²) >= 11 is 0. The molecule has 4 heteroatoms. The van der Waals surface area contributed by atoms with Crippen molar-refractivity contribution in [1.29, 1.82) is 0 Å². The van der Waals surface area contributed by atoms with E-state index in [9.17, 15) is 9.90 Å². The van der Waals surface area contributed by atoms with Gasteiger partial charge in [0, 0.05) is 17.8 Å². The Morgan fingerprint density at radius 3 is 2.64 bits per heavy atom. The van der Waals surface area contributed by atoms with Gasteiger partial charge in [0.15, 0.2) is 5.76 Å². The molecular formula is C21H23NO3. The predicted molar refractivity (Wildman–Crippen MR) is 98.8 cm³/mol. The van der Waals surface area contributed by atoms with Crippen LogP contribution in [0.5, 0.6) is 0 Å². The highest BCUT2D eigenvalue weighted by atomic mass is 16.3. The van der Waals surface area contributed by atoms with E-state index in [0.29, 0.717) is 24.3 Å². The Morgan fingerprint density at radius 2 is 1.92 bits per heavy atom. The fraction of sp³-hybridized carbons (Fsp3) is 0.286. The molecule has 3 rings (SSSR count). The second-order valence-corrected chi connectivity index (χ2v) is 6.55. The molecule has 4 nitrogen and oxygen atoms in total. The van der Waals surface area contributed by atoms with Crippen molar-refractivity contribution in [2.45, 2.75) is 32.3 Å². The third-order valence-corrected chi connectivity index (χ3v) is 4.30. The largest absolute Gasteiger partial charge is 0.451 e. The molecule has 0 aliphatic rings. The Hall–Kier alpha value is -2.59. The van der Waals surface area contributed by atoms with E-state index in [4.69, 9.17) is 4.42 Å². The number of amides is 1. The number of rotatable bonds is 6. The van der Waals surface area contributed by atoms with Crippen molar-refractivity contribution in [3.63, 3.8) is 0 Å². The van der Waals surface area contributed by atoms with Gasteiger partial charge in [0.25, 0.3) is 5.91 Å². The van der Waals surface area contributed by atoms with Crippen molar-refractivity contribution >= 4 is 16.9 Å². The number of carbonyl (C=O) groups excluding carboxylic acids is 1. The topological polar surface area (TPSA) is 62.5 Å². The van der Waals surface area contributed by atoms with Gasteiger partial charge in [-0.1, -0.05) is 42.0 Å². The molecule has 0 spiro atoms. The van der Waals surface area contributed by atoms with Crippen LogP contribution in [0.4, 0.5) is 0 Å². The normalized spacial score (nSPS) is 13.6. The molecule has 2 aromatic carbocycles. The van der Waals surface area contributed by atoms with E-state index in [-0.39, 0.29) is 11.8 Å². The van der Waals surface area contributed by atoms with Crippen LogP contribution < -0.4 is 5.32 Å². The number of hydrogen-bond donors (Lipinski definition) is 2. The quantitative estimate of drug-likeness (QED) is 0.714. The predicted octanol–water partition coefficient (Wildman–Crippen LogP) is 4.03. The fourth-order valence-corrected chi connectivity index (χ4v) is 3.05. The van der Waals surface area contributed by atoms with Crippen molar-refractivity contribution in [1.82, 2.24) is 5.32 Å². The lowest BCUT2D eigenvalue weighted by Gasteiger charge is -2.19. The molecule has 2 atom stereocenters. The summed E-state index contributed by atoms with van der Waals surface area (Å²) in [5.41, 5.74) is 2.93. The summed E-state index contributed by atoms with van der Waals surface area (Å²) in [6.07, 6.45) is 0.153. The molecule has 1 heterocycles. The van der Waals surface area contributed by atoms with Crippen LogP contribution in [0.15, 0.2) is 59.0 Å². The number of aryl methyl sites for hydroxylation is 1. The van der Waals surface area contributed by atoms with Crippen LogP contribution in [0.1, 0.15) is 40.9 Å². The summed E-state index contributed by atoms with van der Waals surface area (Å²) in [6.45, 7) is 4.22. The van der Waals surface area contributed by atoms with Crippen molar-refractivity contribution in [2.75, 3.05) is 6.54 Å². The first kappa shape index (κ1) is 17.2. The van der Waals surface area contributed by atoms with Gasteiger partial charge in [0.1, 0.15) is 5.58 Å². The van der Waals surface area contributed by atoms with Crippen LogP contribution in [0.2, 0.25) is 0 Å². The molecule has 25 heavy (non-hydrogen) atoms. The molecule has 1 aromatic heterocycles. The Morgan fingerprint density at radius 1 is 1.16 bits per heavy atom. The van der Waals surface area contributed by atoms with Gasteiger partial charge in [0.05, 0.1) is 6.10 Å². The van der Waals surface area contributed by atoms with Gasteiger partial charge in [0.2, 0.25) is 0 Å². The molecule has 0 saturated heterocycles. The third-order valence-electron chi connectivity index (χ3n) is 4.30. The number of aliphatic hydroxyl groups is 1. The van der Waals surface area contributed by atoms with Crippen LogP contribution in [-0.2, 0) is 0 Å². The van der Waals surface area contributed by atoms with Gasteiger partial charge in [-0.2, -0.15) is 0 Å². The molecule has 0 saturated carbocycles. The minimum atomic E-state index is -0.434. The Kier molecular flexibility index (Phi) is 5.19. The van der Waals surface area contributed by atoms with Gasteiger partial charge in [-0.3, -0.25) is 4.79 Å². The van der Waals surface area contributed by atoms with Gasteiger partial charge in [-0.25, -0.2) is 0 Å². The number of aliphatic hydroxyl groups excluding tert-OH is 1. The standard InChI is InChI=1S/C21H23NO3/c1-14-8-9-19-17(10-14)12-20(25-19)21(24)22-13-18(11-15(2)23)16-6-4-3-5-7-16/h3-10,12,15,18,23H,11,13H2,1-2H3,(H,22,24). The zero-order valence-corrected chi connectivity index (χ0v) is 14.5. The SMILES string of the molecule is Cc1ccc2oc(C(=O)NCC(CC(C)O)c3ccccc3)cc2c1. The summed E-state index contributed by atoms with van der Waals surface area (Å²) in [6, 6.07) is 17.5. The molecule has 0 bridgehead atoms. The van der Waals surface area contributed by atoms with Gasteiger partial charge in [-0.15, -0.1) is 0 Å². The van der Waals surface area contributed by atoms with E-state index in [1.165, 1.54) is 0 Å². The molecule has 3 aromatic rings. The lowest BCUT2D eigenvalue weighted by molar-refractivity contribution is 0.0920. The zero-order chi connectivity index (χ0) is 17.8. The van der Waals surface area contributed by atoms with Crippen LogP contribution >= 0.6 is 0 Å². The lowest BCUT2D eigenvalue weighted by atomic mass is 9.93. The van der Waals surface area contributed by atoms with Crippen molar-refractivity contribution in [3.05, 3.63) is 71.5 Å². The monoisotopic (exact) mass is 337 g/mol. The maximum absolute atomic E-state index is 12.5. The first-order chi connectivity index (χ1) is 12.0. The molecule has 2 N–H and O–H groups in total. The molecule has 2 unspecified atom stereocenters. The van der Waals surface area contributed by atoms with Crippen molar-refractivity contribution in [2.24, 2.45) is 0 Å². The van der Waals surface area contributed by atoms with E-state index in [1.54, 1.807) is 13.0 Å². The van der Waals surface area contributed by atoms with Crippen molar-refractivity contribution < 1.29 is 14.3 Å². The number of hydrogen-bond acceptors (Lipinski definition) is 3. The second-order valence-electron chi connectivity index (χ2n) is 6.55. The molecule has 0 aliphatic heterocycles. The number of benzene rings is 2. The second kappa shape index (κ2) is 7.53. The molecule has 130 valence electrons. The average Bonchev–Trinajstić information content (AvgIpc) is 3.02. The number of furan rings is 1. The van der Waals surface area contributed by atoms with Gasteiger partial charge in [-0.05, 0) is 44.0 Å².